The number of nitrogens with zero attached hydrogens (tertiary/aromatic N) is 5. The van der Waals surface area contributed by atoms with Crippen LogP contribution in [0.4, 0.5) is 23.3 Å². The van der Waals surface area contributed by atoms with Crippen molar-refractivity contribution in [1.29, 1.82) is 0 Å². The van der Waals surface area contributed by atoms with E-state index in [0.29, 0.717) is 28.9 Å². The minimum atomic E-state index is 0.502. The van der Waals surface area contributed by atoms with E-state index in [2.05, 4.69) is 75.6 Å². The van der Waals surface area contributed by atoms with Gasteiger partial charge in [0, 0.05) is 57.1 Å². The third-order valence-electron chi connectivity index (χ3n) is 6.75. The van der Waals surface area contributed by atoms with E-state index in [-0.39, 0.29) is 0 Å². The van der Waals surface area contributed by atoms with E-state index in [1.54, 1.807) is 0 Å². The minimum absolute atomic E-state index is 0.502. The van der Waals surface area contributed by atoms with Gasteiger partial charge >= 0.3 is 0 Å². The smallest absolute Gasteiger partial charge is 0.232 e. The van der Waals surface area contributed by atoms with Gasteiger partial charge in [-0.15, -0.1) is 0 Å². The van der Waals surface area contributed by atoms with Crippen LogP contribution in [0.1, 0.15) is 33.1 Å². The number of thiocarbonyl (C=S) groups is 1. The first kappa shape index (κ1) is 22.2. The molecule has 2 atom stereocenters. The molecule has 0 unspecified atom stereocenters. The standard InChI is InChI=1S/C25H35N7S/c1-18-14-19(2)17-32(16-18)23-15-22(27-24(28-23)29-25(33)26-20-8-9-20)31-12-10-30(11-13-31)21-6-4-3-5-7-21/h3-7,15,18-20H,8-14,16-17H2,1-2H3,(H2,26,27,28,29,33)/t18-,19+. The van der Waals surface area contributed by atoms with Crippen LogP contribution in [-0.2, 0) is 0 Å². The van der Waals surface area contributed by atoms with Gasteiger partial charge in [0.1, 0.15) is 11.6 Å². The molecule has 3 heterocycles. The number of piperazine rings is 1. The molecule has 2 N–H and O–H groups in total. The molecule has 3 aliphatic rings. The molecular weight excluding hydrogens is 430 g/mol. The predicted octanol–water partition coefficient (Wildman–Crippen LogP) is 3.73. The van der Waals surface area contributed by atoms with Crippen LogP contribution < -0.4 is 25.3 Å². The number of aromatic nitrogens is 2. The second-order valence-corrected chi connectivity index (χ2v) is 10.3. The summed E-state index contributed by atoms with van der Waals surface area (Å²) in [6.45, 7) is 10.6. The summed E-state index contributed by atoms with van der Waals surface area (Å²) in [4.78, 5) is 17.0. The van der Waals surface area contributed by atoms with Gasteiger partial charge in [0.2, 0.25) is 5.95 Å². The van der Waals surface area contributed by atoms with Crippen LogP contribution in [0.2, 0.25) is 0 Å². The minimum Gasteiger partial charge on any atom is -0.368 e. The first-order valence-corrected chi connectivity index (χ1v) is 12.7. The lowest BCUT2D eigenvalue weighted by atomic mass is 9.92. The molecule has 1 aromatic heterocycles. The fourth-order valence-electron chi connectivity index (χ4n) is 5.04. The lowest BCUT2D eigenvalue weighted by molar-refractivity contribution is 0.355. The van der Waals surface area contributed by atoms with E-state index in [4.69, 9.17) is 22.2 Å². The number of hydrogen-bond acceptors (Lipinski definition) is 6. The Labute approximate surface area is 202 Å². The van der Waals surface area contributed by atoms with Gasteiger partial charge in [-0.3, -0.25) is 0 Å². The van der Waals surface area contributed by atoms with Gasteiger partial charge in [0.15, 0.2) is 5.11 Å². The molecule has 0 bridgehead atoms. The first-order valence-electron chi connectivity index (χ1n) is 12.3. The molecule has 8 heteroatoms. The van der Waals surface area contributed by atoms with Crippen LogP contribution in [-0.4, -0.2) is 60.4 Å². The Morgan fingerprint density at radius 1 is 0.879 bits per heavy atom. The molecule has 7 nitrogen and oxygen atoms in total. The molecular formula is C25H35N7S. The molecule has 3 fully saturated rings. The summed E-state index contributed by atoms with van der Waals surface area (Å²) >= 11 is 5.52. The summed E-state index contributed by atoms with van der Waals surface area (Å²) in [5, 5.41) is 7.23. The number of piperidine rings is 1. The van der Waals surface area contributed by atoms with Gasteiger partial charge in [0.25, 0.3) is 0 Å². The number of rotatable bonds is 5. The van der Waals surface area contributed by atoms with E-state index in [0.717, 1.165) is 50.9 Å². The van der Waals surface area contributed by atoms with Crippen molar-refractivity contribution in [2.75, 3.05) is 59.3 Å². The number of anilines is 4. The molecule has 1 saturated carbocycles. The van der Waals surface area contributed by atoms with Crippen LogP contribution in [0.25, 0.3) is 0 Å². The van der Waals surface area contributed by atoms with Crippen molar-refractivity contribution in [3.8, 4) is 0 Å². The highest BCUT2D eigenvalue weighted by Crippen LogP contribution is 2.29. The highest BCUT2D eigenvalue weighted by molar-refractivity contribution is 7.80. The molecule has 176 valence electrons. The molecule has 2 saturated heterocycles. The van der Waals surface area contributed by atoms with Gasteiger partial charge in [-0.2, -0.15) is 9.97 Å². The Balaban J connectivity index is 1.35. The van der Waals surface area contributed by atoms with E-state index < -0.39 is 0 Å². The van der Waals surface area contributed by atoms with Crippen molar-refractivity contribution < 1.29 is 0 Å². The number of nitrogens with one attached hydrogen (secondary N) is 2. The summed E-state index contributed by atoms with van der Waals surface area (Å²) in [6.07, 6.45) is 3.64. The molecule has 0 spiro atoms. The molecule has 2 aromatic rings. The van der Waals surface area contributed by atoms with Crippen molar-refractivity contribution in [3.63, 3.8) is 0 Å². The zero-order valence-electron chi connectivity index (χ0n) is 19.7. The van der Waals surface area contributed by atoms with Crippen molar-refractivity contribution in [2.45, 2.75) is 39.2 Å². The summed E-state index contributed by atoms with van der Waals surface area (Å²) in [7, 11) is 0. The maximum Gasteiger partial charge on any atom is 0.232 e. The SMILES string of the molecule is C[C@@H]1C[C@H](C)CN(c2cc(N3CCN(c4ccccc4)CC3)nc(NC(=S)NC3CC3)n2)C1. The zero-order valence-corrected chi connectivity index (χ0v) is 20.5. The van der Waals surface area contributed by atoms with Crippen LogP contribution in [0, 0.1) is 11.8 Å². The molecule has 1 aliphatic carbocycles. The zero-order chi connectivity index (χ0) is 22.8. The van der Waals surface area contributed by atoms with Crippen LogP contribution in [0.5, 0.6) is 0 Å². The molecule has 5 rings (SSSR count). The monoisotopic (exact) mass is 465 g/mol. The maximum absolute atomic E-state index is 5.52. The first-order chi connectivity index (χ1) is 16.0. The summed E-state index contributed by atoms with van der Waals surface area (Å²) in [5.74, 6) is 3.90. The van der Waals surface area contributed by atoms with Crippen LogP contribution >= 0.6 is 12.2 Å². The normalized spacial score (nSPS) is 23.4. The van der Waals surface area contributed by atoms with Gasteiger partial charge < -0.3 is 25.3 Å². The molecule has 1 aromatic carbocycles. The highest BCUT2D eigenvalue weighted by atomic mass is 32.1. The summed E-state index contributed by atoms with van der Waals surface area (Å²) < 4.78 is 0. The lowest BCUT2D eigenvalue weighted by Gasteiger charge is -2.38. The van der Waals surface area contributed by atoms with Crippen molar-refractivity contribution in [2.24, 2.45) is 11.8 Å². The topological polar surface area (TPSA) is 59.6 Å². The maximum atomic E-state index is 5.52. The lowest BCUT2D eigenvalue weighted by Crippen LogP contribution is -2.47. The van der Waals surface area contributed by atoms with E-state index in [1.807, 2.05) is 0 Å². The van der Waals surface area contributed by atoms with Crippen molar-refractivity contribution in [3.05, 3.63) is 36.4 Å². The average molecular weight is 466 g/mol. The fourth-order valence-corrected chi connectivity index (χ4v) is 5.29. The molecule has 0 radical (unpaired) electrons. The Kier molecular flexibility index (Phi) is 6.53. The van der Waals surface area contributed by atoms with Gasteiger partial charge in [-0.05, 0) is 55.4 Å². The fraction of sp³-hybridized carbons (Fsp3) is 0.560. The quantitative estimate of drug-likeness (QED) is 0.648. The Morgan fingerprint density at radius 2 is 1.48 bits per heavy atom. The Morgan fingerprint density at radius 3 is 2.12 bits per heavy atom. The largest absolute Gasteiger partial charge is 0.368 e. The number of para-hydroxylation sites is 1. The van der Waals surface area contributed by atoms with Gasteiger partial charge in [-0.25, -0.2) is 0 Å². The summed E-state index contributed by atoms with van der Waals surface area (Å²) in [6, 6.07) is 13.3. The van der Waals surface area contributed by atoms with Crippen LogP contribution in [0.15, 0.2) is 36.4 Å². The van der Waals surface area contributed by atoms with Crippen molar-refractivity contribution >= 4 is 40.6 Å². The van der Waals surface area contributed by atoms with Gasteiger partial charge in [-0.1, -0.05) is 32.0 Å². The molecule has 0 amide bonds. The summed E-state index contributed by atoms with van der Waals surface area (Å²) in [5.41, 5.74) is 1.29. The molecule has 2 aliphatic heterocycles. The highest BCUT2D eigenvalue weighted by Gasteiger charge is 2.26. The third kappa shape index (κ3) is 5.66. The van der Waals surface area contributed by atoms with E-state index in [9.17, 15) is 0 Å². The van der Waals surface area contributed by atoms with Crippen molar-refractivity contribution in [1.82, 2.24) is 15.3 Å². The number of benzene rings is 1. The Hall–Kier alpha value is -2.61. The average Bonchev–Trinajstić information content (AvgIpc) is 3.63. The third-order valence-corrected chi connectivity index (χ3v) is 6.97. The van der Waals surface area contributed by atoms with E-state index in [1.165, 1.54) is 24.9 Å². The number of hydrogen-bond donors (Lipinski definition) is 2. The second kappa shape index (κ2) is 9.71. The van der Waals surface area contributed by atoms with Crippen LogP contribution in [0.3, 0.4) is 0 Å². The predicted molar refractivity (Wildman–Crippen MR) is 140 cm³/mol. The van der Waals surface area contributed by atoms with E-state index >= 15 is 0 Å². The Bertz CT molecular complexity index is 946. The molecule has 33 heavy (non-hydrogen) atoms. The second-order valence-electron chi connectivity index (χ2n) is 9.94. The van der Waals surface area contributed by atoms with Gasteiger partial charge in [0.05, 0.1) is 0 Å².